The summed E-state index contributed by atoms with van der Waals surface area (Å²) in [6.45, 7) is 2.50. The average Bonchev–Trinajstić information content (AvgIpc) is 3.86. The van der Waals surface area contributed by atoms with Gasteiger partial charge in [0.15, 0.2) is 22.8 Å². The van der Waals surface area contributed by atoms with Crippen LogP contribution in [0.5, 0.6) is 0 Å². The van der Waals surface area contributed by atoms with Crippen LogP contribution in [-0.4, -0.2) is 108 Å². The zero-order valence-corrected chi connectivity index (χ0v) is 47.6. The van der Waals surface area contributed by atoms with E-state index in [2.05, 4.69) is 50.4 Å². The highest BCUT2D eigenvalue weighted by Gasteiger charge is 2.48. The maximum absolute atomic E-state index is 12.7. The molecular formula is C43H87N10O17P3S. The number of ether oxygens (including phenoxy) is 1. The molecule has 0 radical (unpaired) electrons. The Morgan fingerprint density at radius 1 is 0.811 bits per heavy atom. The zero-order valence-electron chi connectivity index (χ0n) is 44.1. The van der Waals surface area contributed by atoms with E-state index >= 15 is 0 Å². The number of nitrogens with zero attached hydrogens (tertiary/aromatic N) is 4. The lowest BCUT2D eigenvalue weighted by Crippen LogP contribution is -2.46. The number of aliphatic hydroxyl groups excluding tert-OH is 2. The summed E-state index contributed by atoms with van der Waals surface area (Å²) < 4.78 is 61.2. The SMILES string of the molecule is CCCCCCCCCCCCCCCCCCCCCC(=O)SCCNC(=O)CCNC(=O)[C@H](O)C(C)(C)COP(=O)([O-])OP(=O)([O-])OC[C@H]1O[C@@H](n2cnc3c(N)ncnc32)[C@H](O)[C@@H]1OP(=O)([O-])O.[NH4+].[NH4+].[NH4+]. The molecule has 0 aromatic carbocycles. The van der Waals surface area contributed by atoms with Crippen molar-refractivity contribution in [3.05, 3.63) is 12.7 Å². The number of carbonyl (C=O) groups is 3. The van der Waals surface area contributed by atoms with Crippen LogP contribution >= 0.6 is 35.2 Å². The summed E-state index contributed by atoms with van der Waals surface area (Å²) in [7, 11) is -17.3. The third kappa shape index (κ3) is 27.7. The first-order valence-electron chi connectivity index (χ1n) is 24.5. The van der Waals surface area contributed by atoms with Crippen LogP contribution in [0.25, 0.3) is 11.2 Å². The average molecular weight is 1140 g/mol. The molecule has 27 nitrogen and oxygen atoms in total. The number of aliphatic hydroxyl groups is 2. The monoisotopic (exact) mass is 1140 g/mol. The first-order valence-corrected chi connectivity index (χ1v) is 30.0. The second-order valence-corrected chi connectivity index (χ2v) is 23.6. The maximum Gasteiger partial charge on any atom is 0.274 e. The van der Waals surface area contributed by atoms with E-state index in [9.17, 15) is 57.9 Å². The van der Waals surface area contributed by atoms with Crippen LogP contribution in [0.4, 0.5) is 5.82 Å². The molecule has 2 aromatic rings. The number of phosphoric ester groups is 3. The van der Waals surface area contributed by atoms with E-state index in [1.807, 2.05) is 0 Å². The molecule has 1 aliphatic rings. The zero-order chi connectivity index (χ0) is 52.5. The Morgan fingerprint density at radius 3 is 1.88 bits per heavy atom. The Labute approximate surface area is 438 Å². The number of carbonyl (C=O) groups excluding carboxylic acids is 3. The van der Waals surface area contributed by atoms with E-state index in [-0.39, 0.29) is 60.1 Å². The van der Waals surface area contributed by atoms with E-state index in [1.165, 1.54) is 117 Å². The van der Waals surface area contributed by atoms with Gasteiger partial charge in [-0.3, -0.25) is 32.6 Å². The minimum atomic E-state index is -5.90. The number of hydrogen-bond donors (Lipinski definition) is 9. The first kappa shape index (κ1) is 71.4. The molecule has 74 heavy (non-hydrogen) atoms. The van der Waals surface area contributed by atoms with Crippen LogP contribution < -0.4 is 49.5 Å². The molecule has 31 heteroatoms. The minimum absolute atomic E-state index is 0. The van der Waals surface area contributed by atoms with Gasteiger partial charge in [0.2, 0.25) is 11.8 Å². The second-order valence-electron chi connectivity index (χ2n) is 18.3. The molecule has 3 rings (SSSR count). The molecule has 432 valence electrons. The van der Waals surface area contributed by atoms with E-state index in [1.54, 1.807) is 0 Å². The van der Waals surface area contributed by atoms with E-state index in [0.717, 1.165) is 48.2 Å². The van der Waals surface area contributed by atoms with Gasteiger partial charge in [0.05, 0.1) is 19.5 Å². The molecule has 19 N–H and O–H groups in total. The van der Waals surface area contributed by atoms with Gasteiger partial charge in [-0.15, -0.1) is 0 Å². The molecule has 0 spiro atoms. The molecular weight excluding hydrogens is 1050 g/mol. The Bertz CT molecular complexity index is 2080. The number of aromatic nitrogens is 4. The number of anilines is 1. The summed E-state index contributed by atoms with van der Waals surface area (Å²) in [5.41, 5.74) is 4.14. The fourth-order valence-electron chi connectivity index (χ4n) is 7.70. The van der Waals surface area contributed by atoms with Gasteiger partial charge >= 0.3 is 0 Å². The lowest BCUT2D eigenvalue weighted by Gasteiger charge is -2.35. The molecule has 8 atom stereocenters. The summed E-state index contributed by atoms with van der Waals surface area (Å²) in [5, 5.41) is 26.6. The highest BCUT2D eigenvalue weighted by Crippen LogP contribution is 2.56. The number of quaternary nitrogens is 3. The van der Waals surface area contributed by atoms with Crippen molar-refractivity contribution in [1.29, 1.82) is 0 Å². The van der Waals surface area contributed by atoms with E-state index in [0.29, 0.717) is 12.2 Å². The van der Waals surface area contributed by atoms with Crippen molar-refractivity contribution in [2.75, 3.05) is 37.8 Å². The van der Waals surface area contributed by atoms with Gasteiger partial charge in [0, 0.05) is 37.1 Å². The quantitative estimate of drug-likeness (QED) is 0.0285. The van der Waals surface area contributed by atoms with Crippen molar-refractivity contribution in [2.24, 2.45) is 5.41 Å². The first-order chi connectivity index (χ1) is 33.6. The Morgan fingerprint density at radius 2 is 1.34 bits per heavy atom. The maximum atomic E-state index is 12.7. The number of thioether (sulfide) groups is 1. The molecule has 0 bridgehead atoms. The van der Waals surface area contributed by atoms with Crippen LogP contribution in [0, 0.1) is 5.41 Å². The lowest BCUT2D eigenvalue weighted by atomic mass is 9.87. The number of imidazole rings is 1. The Balaban J connectivity index is 0.0000178. The summed E-state index contributed by atoms with van der Waals surface area (Å²) >= 11 is 1.15. The van der Waals surface area contributed by atoms with Crippen LogP contribution in [0.3, 0.4) is 0 Å². The summed E-state index contributed by atoms with van der Waals surface area (Å²) in [4.78, 5) is 95.0. The summed E-state index contributed by atoms with van der Waals surface area (Å²) in [6, 6.07) is 0. The van der Waals surface area contributed by atoms with Gasteiger partial charge < -0.3 is 82.9 Å². The number of fused-ring (bicyclic) bond motifs is 1. The number of nitrogens with two attached hydrogens (primary N) is 1. The molecule has 1 fully saturated rings. The standard InChI is InChI=1S/C43H78N7O17P3S.3H3N/c1-4-5-6-7-8-9-10-11-12-13-14-15-16-17-18-19-20-21-22-23-34(52)71-27-26-45-33(51)24-25-46-41(55)38(54)43(2,3)29-64-70(61,62)67-69(59,60)63-28-32-37(66-68(56,57)58)36(53)42(65-32)50-31-49-35-39(44)47-30-48-40(35)50;;;/h30-32,36-38,42,53-54H,4-29H2,1-3H3,(H,45,51)(H,46,55)(H,59,60)(H,61,62)(H2,44,47,48)(H2,56,57,58);3*1H3/t32-,36-,37-,38+,42-;;;/m1.../s1. The number of nitrogen functional groups attached to an aromatic ring is 1. The number of phosphoric acid groups is 3. The van der Waals surface area contributed by atoms with Gasteiger partial charge in [-0.2, -0.15) is 0 Å². The smallest absolute Gasteiger partial charge is 0.274 e. The number of rotatable bonds is 39. The van der Waals surface area contributed by atoms with Gasteiger partial charge in [-0.25, -0.2) is 19.3 Å². The number of nitrogens with one attached hydrogen (secondary N) is 2. The Kier molecular flexibility index (Phi) is 35.3. The van der Waals surface area contributed by atoms with Crippen molar-refractivity contribution in [3.8, 4) is 0 Å². The topological polar surface area (TPSA) is 482 Å². The largest absolute Gasteiger partial charge is 0.756 e. The molecule has 3 unspecified atom stereocenters. The van der Waals surface area contributed by atoms with Crippen LogP contribution in [-0.2, 0) is 50.7 Å². The normalized spacial score (nSPS) is 19.5. The predicted molar refractivity (Wildman–Crippen MR) is 276 cm³/mol. The molecule has 1 aliphatic heterocycles. The number of amides is 2. The molecule has 1 saturated heterocycles. The highest BCUT2D eigenvalue weighted by molar-refractivity contribution is 8.13. The second kappa shape index (κ2) is 36.5. The van der Waals surface area contributed by atoms with E-state index in [4.69, 9.17) is 10.5 Å². The summed E-state index contributed by atoms with van der Waals surface area (Å²) in [5.74, 6) is -1.10. The van der Waals surface area contributed by atoms with Crippen LogP contribution in [0.2, 0.25) is 0 Å². The molecule has 0 saturated carbocycles. The number of unbranched alkanes of at least 4 members (excludes halogenated alkanes) is 18. The lowest BCUT2D eigenvalue weighted by molar-refractivity contribution is -0.247. The molecule has 2 amide bonds. The molecule has 2 aromatic heterocycles. The van der Waals surface area contributed by atoms with Crippen molar-refractivity contribution >= 4 is 69.1 Å². The van der Waals surface area contributed by atoms with Crippen LogP contribution in [0.15, 0.2) is 12.7 Å². The highest BCUT2D eigenvalue weighted by atomic mass is 32.2. The van der Waals surface area contributed by atoms with Gasteiger partial charge in [-0.05, 0) is 6.42 Å². The third-order valence-corrected chi connectivity index (χ3v) is 15.7. The fourth-order valence-corrected chi connectivity index (χ4v) is 11.2. The van der Waals surface area contributed by atoms with Gasteiger partial charge in [0.1, 0.15) is 36.3 Å². The van der Waals surface area contributed by atoms with E-state index < -0.39 is 84.6 Å². The third-order valence-electron chi connectivity index (χ3n) is 11.7. The van der Waals surface area contributed by atoms with Crippen molar-refractivity contribution < 1.29 is 80.5 Å². The van der Waals surface area contributed by atoms with Crippen LogP contribution in [0.1, 0.15) is 162 Å². The fraction of sp³-hybridized carbons (Fsp3) is 0.814. The Hall–Kier alpha value is -2.56. The van der Waals surface area contributed by atoms with Crippen molar-refractivity contribution in [3.63, 3.8) is 0 Å². The molecule has 0 aliphatic carbocycles. The number of hydrogen-bond acceptors (Lipinski definition) is 21. The molecule has 3 heterocycles. The van der Waals surface area contributed by atoms with Gasteiger partial charge in [-0.1, -0.05) is 148 Å². The predicted octanol–water partition coefficient (Wildman–Crippen LogP) is 5.72. The van der Waals surface area contributed by atoms with Crippen molar-refractivity contribution in [1.82, 2.24) is 48.6 Å². The van der Waals surface area contributed by atoms with Crippen molar-refractivity contribution in [2.45, 2.75) is 186 Å². The minimum Gasteiger partial charge on any atom is -0.756 e. The summed E-state index contributed by atoms with van der Waals surface area (Å²) in [6.07, 6.45) is 17.5. The van der Waals surface area contributed by atoms with Gasteiger partial charge in [0.25, 0.3) is 23.5 Å².